The Morgan fingerprint density at radius 1 is 1.23 bits per heavy atom. The second-order valence-electron chi connectivity index (χ2n) is 5.82. The molecule has 0 spiro atoms. The van der Waals surface area contributed by atoms with Crippen molar-refractivity contribution in [2.24, 2.45) is 5.73 Å². The minimum Gasteiger partial charge on any atom is -0.455 e. The van der Waals surface area contributed by atoms with Gasteiger partial charge in [0.2, 0.25) is 0 Å². The van der Waals surface area contributed by atoms with E-state index >= 15 is 0 Å². The topological polar surface area (TPSA) is 38.5 Å². The summed E-state index contributed by atoms with van der Waals surface area (Å²) in [6.45, 7) is 0.890. The normalized spacial score (nSPS) is 23.0. The van der Waals surface area contributed by atoms with Crippen molar-refractivity contribution in [2.75, 3.05) is 11.4 Å². The molecular weight excluding hydrogens is 347 g/mol. The number of nitrogens with zero attached hydrogens (tertiary/aromatic N) is 1. The number of hydrogen-bond donors (Lipinski definition) is 1. The monoisotopic (exact) mass is 362 g/mol. The van der Waals surface area contributed by atoms with Gasteiger partial charge in [0.25, 0.3) is 0 Å². The lowest BCUT2D eigenvalue weighted by Gasteiger charge is -2.40. The van der Waals surface area contributed by atoms with Crippen LogP contribution in [0.2, 0.25) is 0 Å². The zero-order valence-corrected chi connectivity index (χ0v) is 13.5. The van der Waals surface area contributed by atoms with Crippen molar-refractivity contribution in [3.8, 4) is 11.5 Å². The fourth-order valence-electron chi connectivity index (χ4n) is 3.45. The van der Waals surface area contributed by atoms with Crippen LogP contribution in [0.25, 0.3) is 0 Å². The van der Waals surface area contributed by atoms with Crippen LogP contribution in [0, 0.1) is 5.82 Å². The molecule has 5 heteroatoms. The molecule has 0 aromatic heterocycles. The van der Waals surface area contributed by atoms with E-state index in [-0.39, 0.29) is 17.9 Å². The highest BCUT2D eigenvalue weighted by Crippen LogP contribution is 2.48. The van der Waals surface area contributed by atoms with Gasteiger partial charge in [-0.3, -0.25) is 0 Å². The molecule has 22 heavy (non-hydrogen) atoms. The van der Waals surface area contributed by atoms with Crippen molar-refractivity contribution < 1.29 is 9.13 Å². The lowest BCUT2D eigenvalue weighted by Crippen LogP contribution is -2.45. The van der Waals surface area contributed by atoms with Crippen molar-refractivity contribution >= 4 is 21.6 Å². The third-order valence-corrected chi connectivity index (χ3v) is 5.05. The van der Waals surface area contributed by atoms with Gasteiger partial charge >= 0.3 is 0 Å². The number of benzene rings is 2. The van der Waals surface area contributed by atoms with E-state index in [1.807, 2.05) is 18.2 Å². The predicted octanol–water partition coefficient (Wildman–Crippen LogP) is 4.36. The summed E-state index contributed by atoms with van der Waals surface area (Å²) in [6, 6.07) is 11.2. The molecule has 0 bridgehead atoms. The zero-order valence-electron chi connectivity index (χ0n) is 11.9. The fraction of sp³-hybridized carbons (Fsp3) is 0.294. The van der Waals surface area contributed by atoms with E-state index in [1.54, 1.807) is 6.07 Å². The van der Waals surface area contributed by atoms with Crippen molar-refractivity contribution in [1.29, 1.82) is 0 Å². The Morgan fingerprint density at radius 3 is 2.91 bits per heavy atom. The van der Waals surface area contributed by atoms with Crippen LogP contribution in [-0.2, 0) is 0 Å². The minimum atomic E-state index is -0.323. The van der Waals surface area contributed by atoms with Gasteiger partial charge in [-0.1, -0.05) is 18.2 Å². The summed E-state index contributed by atoms with van der Waals surface area (Å²) in [7, 11) is 0. The summed E-state index contributed by atoms with van der Waals surface area (Å²) in [5.41, 5.74) is 8.38. The number of nitrogens with two attached hydrogens (primary N) is 1. The summed E-state index contributed by atoms with van der Waals surface area (Å²) in [6.07, 6.45) is 2.00. The molecule has 0 amide bonds. The summed E-state index contributed by atoms with van der Waals surface area (Å²) >= 11 is 3.28. The number of rotatable bonds is 0. The van der Waals surface area contributed by atoms with Crippen LogP contribution in [0.4, 0.5) is 10.1 Å². The average molecular weight is 363 g/mol. The molecular formula is C17H16BrFN2O. The highest BCUT2D eigenvalue weighted by Gasteiger charge is 2.36. The molecule has 2 aliphatic rings. The summed E-state index contributed by atoms with van der Waals surface area (Å²) < 4.78 is 20.4. The van der Waals surface area contributed by atoms with E-state index < -0.39 is 0 Å². The Kier molecular flexibility index (Phi) is 3.35. The standard InChI is InChI=1S/C17H16BrFN2O/c18-11-8-14-16(9-12(11)19)22-15-6-2-1-4-10(15)17-13(20)5-3-7-21(14)17/h1-2,4,6,8-9,13,17H,3,5,7,20H2/t13-,17-/m1/s1. The van der Waals surface area contributed by atoms with E-state index in [1.165, 1.54) is 6.07 Å². The number of fused-ring (bicyclic) bond motifs is 5. The molecule has 2 aromatic carbocycles. The van der Waals surface area contributed by atoms with Crippen LogP contribution in [-0.4, -0.2) is 12.6 Å². The van der Waals surface area contributed by atoms with Gasteiger partial charge in [0.05, 0.1) is 16.2 Å². The fourth-order valence-corrected chi connectivity index (χ4v) is 3.79. The Hall–Kier alpha value is -1.59. The average Bonchev–Trinajstić information content (AvgIpc) is 2.64. The summed E-state index contributed by atoms with van der Waals surface area (Å²) in [5.74, 6) is 0.982. The van der Waals surface area contributed by atoms with Gasteiger partial charge in [0.1, 0.15) is 11.6 Å². The van der Waals surface area contributed by atoms with Gasteiger partial charge in [0, 0.05) is 24.2 Å². The molecule has 1 saturated heterocycles. The van der Waals surface area contributed by atoms with Crippen LogP contribution in [0.15, 0.2) is 40.9 Å². The molecule has 2 aromatic rings. The van der Waals surface area contributed by atoms with E-state index in [0.717, 1.165) is 36.4 Å². The van der Waals surface area contributed by atoms with Crippen molar-refractivity contribution in [1.82, 2.24) is 0 Å². The maximum absolute atomic E-state index is 13.9. The first-order valence-electron chi connectivity index (χ1n) is 7.43. The van der Waals surface area contributed by atoms with Crippen molar-refractivity contribution in [2.45, 2.75) is 24.9 Å². The summed E-state index contributed by atoms with van der Waals surface area (Å²) in [5, 5.41) is 0. The van der Waals surface area contributed by atoms with Gasteiger partial charge in [0.15, 0.2) is 5.75 Å². The largest absolute Gasteiger partial charge is 0.455 e. The number of hydrogen-bond acceptors (Lipinski definition) is 3. The minimum absolute atomic E-state index is 0.0354. The van der Waals surface area contributed by atoms with Gasteiger partial charge in [-0.2, -0.15) is 0 Å². The zero-order chi connectivity index (χ0) is 15.3. The second kappa shape index (κ2) is 5.25. The third kappa shape index (κ3) is 2.11. The molecule has 114 valence electrons. The molecule has 3 nitrogen and oxygen atoms in total. The first-order chi connectivity index (χ1) is 10.6. The number of halogens is 2. The van der Waals surface area contributed by atoms with E-state index in [9.17, 15) is 4.39 Å². The van der Waals surface area contributed by atoms with E-state index in [0.29, 0.717) is 10.2 Å². The van der Waals surface area contributed by atoms with Crippen molar-refractivity contribution in [3.05, 3.63) is 52.3 Å². The SMILES string of the molecule is N[C@@H]1CCCN2c3cc(Br)c(F)cc3Oc3ccccc3[C@H]12. The second-order valence-corrected chi connectivity index (χ2v) is 6.67. The molecule has 0 saturated carbocycles. The van der Waals surface area contributed by atoms with Crippen LogP contribution in [0.5, 0.6) is 11.5 Å². The smallest absolute Gasteiger partial charge is 0.153 e. The maximum Gasteiger partial charge on any atom is 0.153 e. The Bertz CT molecular complexity index is 737. The number of ether oxygens (including phenoxy) is 1. The van der Waals surface area contributed by atoms with Gasteiger partial charge in [-0.25, -0.2) is 4.39 Å². The molecule has 2 heterocycles. The molecule has 2 aliphatic heterocycles. The first kappa shape index (κ1) is 14.0. The van der Waals surface area contributed by atoms with Gasteiger partial charge in [-0.05, 0) is 40.9 Å². The van der Waals surface area contributed by atoms with Crippen LogP contribution in [0.3, 0.4) is 0 Å². The Balaban J connectivity index is 1.96. The molecule has 0 unspecified atom stereocenters. The molecule has 0 aliphatic carbocycles. The number of para-hydroxylation sites is 1. The van der Waals surface area contributed by atoms with E-state index in [4.69, 9.17) is 10.5 Å². The quantitative estimate of drug-likeness (QED) is 0.756. The number of piperidine rings is 1. The molecule has 4 rings (SSSR count). The van der Waals surface area contributed by atoms with E-state index in [2.05, 4.69) is 26.9 Å². The molecule has 2 N–H and O–H groups in total. The highest BCUT2D eigenvalue weighted by molar-refractivity contribution is 9.10. The lowest BCUT2D eigenvalue weighted by atomic mass is 9.90. The number of anilines is 1. The van der Waals surface area contributed by atoms with Crippen LogP contribution in [0.1, 0.15) is 24.4 Å². The highest BCUT2D eigenvalue weighted by atomic mass is 79.9. The molecule has 0 radical (unpaired) electrons. The Labute approximate surface area is 137 Å². The van der Waals surface area contributed by atoms with Gasteiger partial charge < -0.3 is 15.4 Å². The predicted molar refractivity (Wildman–Crippen MR) is 87.9 cm³/mol. The first-order valence-corrected chi connectivity index (χ1v) is 8.22. The maximum atomic E-state index is 13.9. The summed E-state index contributed by atoms with van der Waals surface area (Å²) in [4.78, 5) is 2.25. The molecule has 2 atom stereocenters. The van der Waals surface area contributed by atoms with Crippen LogP contribution >= 0.6 is 15.9 Å². The third-order valence-electron chi connectivity index (χ3n) is 4.45. The lowest BCUT2D eigenvalue weighted by molar-refractivity contribution is 0.408. The van der Waals surface area contributed by atoms with Crippen molar-refractivity contribution in [3.63, 3.8) is 0 Å². The molecule has 1 fully saturated rings. The Morgan fingerprint density at radius 2 is 2.05 bits per heavy atom. The van der Waals surface area contributed by atoms with Gasteiger partial charge in [-0.15, -0.1) is 0 Å². The van der Waals surface area contributed by atoms with Crippen LogP contribution < -0.4 is 15.4 Å².